The number of amides is 2. The Morgan fingerprint density at radius 3 is 2.44 bits per heavy atom. The van der Waals surface area contributed by atoms with Gasteiger partial charge in [-0.15, -0.1) is 0 Å². The van der Waals surface area contributed by atoms with E-state index in [1.54, 1.807) is 17.0 Å². The molecule has 0 saturated carbocycles. The minimum Gasteiger partial charge on any atom is -0.456 e. The predicted octanol–water partition coefficient (Wildman–Crippen LogP) is 3.93. The molecule has 0 spiro atoms. The lowest BCUT2D eigenvalue weighted by molar-refractivity contribution is -0.152. The van der Waals surface area contributed by atoms with Crippen LogP contribution in [0.15, 0.2) is 42.5 Å². The van der Waals surface area contributed by atoms with E-state index in [1.807, 2.05) is 19.1 Å². The van der Waals surface area contributed by atoms with Crippen molar-refractivity contribution in [1.82, 2.24) is 10.2 Å². The lowest BCUT2D eigenvalue weighted by Gasteiger charge is -2.25. The van der Waals surface area contributed by atoms with Gasteiger partial charge in [0.05, 0.1) is 12.6 Å². The number of carbonyl (C=O) groups is 3. The van der Waals surface area contributed by atoms with Crippen LogP contribution in [0.25, 0.3) is 11.1 Å². The van der Waals surface area contributed by atoms with E-state index in [-0.39, 0.29) is 24.9 Å². The summed E-state index contributed by atoms with van der Waals surface area (Å²) < 4.78 is 30.6. The zero-order valence-electron chi connectivity index (χ0n) is 21.6. The highest BCUT2D eigenvalue weighted by Crippen LogP contribution is 2.34. The first-order chi connectivity index (χ1) is 18.4. The van der Waals surface area contributed by atoms with E-state index in [4.69, 9.17) is 26.1 Å². The number of nitrogens with zero attached hydrogens (tertiary/aromatic N) is 1. The quantitative estimate of drug-likeness (QED) is 0.255. The van der Waals surface area contributed by atoms with Crippen molar-refractivity contribution in [1.29, 1.82) is 0 Å². The number of ether oxygens (including phenoxy) is 1. The van der Waals surface area contributed by atoms with Crippen LogP contribution >= 0.6 is 19.2 Å². The highest BCUT2D eigenvalue weighted by molar-refractivity contribution is 7.51. The molecule has 2 atom stereocenters. The fourth-order valence-corrected chi connectivity index (χ4v) is 5.08. The molecule has 12 heteroatoms. The molecule has 1 unspecified atom stereocenters. The van der Waals surface area contributed by atoms with Crippen LogP contribution in [0.2, 0.25) is 5.02 Å². The Hall–Kier alpha value is -2.78. The number of hydrogen-bond acceptors (Lipinski definition) is 5. The first-order valence-electron chi connectivity index (χ1n) is 12.7. The number of carbonyl (C=O) groups excluding carboxylic acids is 3. The summed E-state index contributed by atoms with van der Waals surface area (Å²) in [4.78, 5) is 57.0. The lowest BCUT2D eigenvalue weighted by atomic mass is 9.91. The van der Waals surface area contributed by atoms with E-state index in [9.17, 15) is 23.3 Å². The van der Waals surface area contributed by atoms with Gasteiger partial charge in [0.15, 0.2) is 6.61 Å². The smallest absolute Gasteiger partial charge is 0.326 e. The Morgan fingerprint density at radius 1 is 1.13 bits per heavy atom. The number of esters is 1. The van der Waals surface area contributed by atoms with Crippen molar-refractivity contribution in [2.24, 2.45) is 5.92 Å². The minimum absolute atomic E-state index is 0.220. The summed E-state index contributed by atoms with van der Waals surface area (Å²) >= 11 is 6.00. The molecule has 2 aromatic rings. The largest absolute Gasteiger partial charge is 0.456 e. The van der Waals surface area contributed by atoms with Crippen LogP contribution in [0.3, 0.4) is 0 Å². The van der Waals surface area contributed by atoms with Crippen molar-refractivity contribution >= 4 is 37.0 Å². The molecular formula is C27H33ClFN2O7P. The molecule has 0 aliphatic carbocycles. The number of nitrogens with one attached hydrogen (secondary N) is 1. The van der Waals surface area contributed by atoms with E-state index in [0.717, 1.165) is 18.4 Å². The van der Waals surface area contributed by atoms with E-state index >= 15 is 0 Å². The maximum atomic E-state index is 14.2. The molecule has 3 rings (SSSR count). The number of benzene rings is 2. The van der Waals surface area contributed by atoms with Gasteiger partial charge >= 0.3 is 13.6 Å². The maximum Gasteiger partial charge on any atom is 0.326 e. The van der Waals surface area contributed by atoms with E-state index < -0.39 is 43.9 Å². The Morgan fingerprint density at radius 2 is 1.79 bits per heavy atom. The average Bonchev–Trinajstić information content (AvgIpc) is 3.42. The predicted molar refractivity (Wildman–Crippen MR) is 145 cm³/mol. The zero-order valence-corrected chi connectivity index (χ0v) is 23.3. The van der Waals surface area contributed by atoms with Crippen LogP contribution in [0.5, 0.6) is 0 Å². The van der Waals surface area contributed by atoms with Gasteiger partial charge in [0.1, 0.15) is 5.82 Å². The molecule has 2 amide bonds. The fraction of sp³-hybridized carbons (Fsp3) is 0.444. The number of halogens is 2. The summed E-state index contributed by atoms with van der Waals surface area (Å²) in [5.41, 5.74) is 1.86. The van der Waals surface area contributed by atoms with Crippen molar-refractivity contribution in [3.63, 3.8) is 0 Å². The summed E-state index contributed by atoms with van der Waals surface area (Å²) in [7, 11) is -4.37. The summed E-state index contributed by atoms with van der Waals surface area (Å²) in [6.45, 7) is 2.71. The van der Waals surface area contributed by atoms with Crippen LogP contribution in [-0.4, -0.2) is 64.4 Å². The second-order valence-electron chi connectivity index (χ2n) is 9.77. The van der Waals surface area contributed by atoms with Gasteiger partial charge in [-0.2, -0.15) is 0 Å². The van der Waals surface area contributed by atoms with E-state index in [2.05, 4.69) is 5.32 Å². The summed E-state index contributed by atoms with van der Waals surface area (Å²) in [5, 5.41) is 3.10. The molecule has 1 aliphatic heterocycles. The molecule has 9 nitrogen and oxygen atoms in total. The third-order valence-corrected chi connectivity index (χ3v) is 7.66. The third-order valence-electron chi connectivity index (χ3n) is 6.62. The van der Waals surface area contributed by atoms with Crippen molar-refractivity contribution < 1.29 is 37.9 Å². The molecule has 1 aliphatic rings. The number of likely N-dealkylation sites (tertiary alicyclic amines) is 1. The zero-order chi connectivity index (χ0) is 28.6. The topological polar surface area (TPSA) is 133 Å². The monoisotopic (exact) mass is 582 g/mol. The van der Waals surface area contributed by atoms with Crippen LogP contribution in [-0.2, 0) is 30.1 Å². The summed E-state index contributed by atoms with van der Waals surface area (Å²) in [5.74, 6) is -2.24. The normalized spacial score (nSPS) is 15.1. The first-order valence-corrected chi connectivity index (χ1v) is 14.9. The molecule has 0 aromatic heterocycles. The average molecular weight is 583 g/mol. The first kappa shape index (κ1) is 30.8. The Bertz CT molecular complexity index is 1220. The van der Waals surface area contributed by atoms with Crippen molar-refractivity contribution in [2.75, 3.05) is 25.9 Å². The molecule has 3 N–H and O–H groups in total. The minimum atomic E-state index is -4.37. The second-order valence-corrected chi connectivity index (χ2v) is 12.0. The van der Waals surface area contributed by atoms with E-state index in [1.165, 1.54) is 18.2 Å². The van der Waals surface area contributed by atoms with Gasteiger partial charge in [0.2, 0.25) is 5.91 Å². The summed E-state index contributed by atoms with van der Waals surface area (Å²) in [6.07, 6.45) is 1.01. The summed E-state index contributed by atoms with van der Waals surface area (Å²) in [6, 6.07) is 10.7. The second kappa shape index (κ2) is 14.0. The molecule has 0 radical (unpaired) electrons. The highest BCUT2D eigenvalue weighted by Gasteiger charge is 2.26. The third kappa shape index (κ3) is 10.0. The van der Waals surface area contributed by atoms with Crippen LogP contribution < -0.4 is 5.32 Å². The van der Waals surface area contributed by atoms with Gasteiger partial charge in [-0.25, -0.2) is 4.39 Å². The lowest BCUT2D eigenvalue weighted by Crippen LogP contribution is -2.42. The SMILES string of the molecule is C[C@@H](Cc1ccc(-c2cc(Cl)ccc2F)cc1)C(CC(=O)OCC(=O)N1CCCC1)NC(=O)CCP(=O)(O)O. The highest BCUT2D eigenvalue weighted by atomic mass is 35.5. The Labute approximate surface area is 231 Å². The van der Waals surface area contributed by atoms with Crippen LogP contribution in [0, 0.1) is 11.7 Å². The van der Waals surface area contributed by atoms with Gasteiger partial charge in [-0.3, -0.25) is 18.9 Å². The molecule has 212 valence electrons. The standard InChI is InChI=1S/C27H33ClFN2O7P/c1-18(14-19-4-6-20(7-5-19)22-15-21(28)8-9-23(22)29)24(30-25(32)10-13-39(35,36)37)16-27(34)38-17-26(33)31-11-2-3-12-31/h4-9,15,18,24H,2-3,10-14,16-17H2,1H3,(H,30,32)(H2,35,36,37)/t18-,24?/m0/s1. The van der Waals surface area contributed by atoms with Crippen LogP contribution in [0.1, 0.15) is 38.2 Å². The van der Waals surface area contributed by atoms with Gasteiger partial charge in [-0.05, 0) is 54.5 Å². The molecule has 2 aromatic carbocycles. The van der Waals surface area contributed by atoms with Crippen molar-refractivity contribution in [2.45, 2.75) is 45.1 Å². The van der Waals surface area contributed by atoms with Gasteiger partial charge in [0.25, 0.3) is 5.91 Å². The maximum absolute atomic E-state index is 14.2. The molecule has 1 heterocycles. The van der Waals surface area contributed by atoms with Gasteiger partial charge < -0.3 is 24.7 Å². The van der Waals surface area contributed by atoms with Gasteiger partial charge in [0, 0.05) is 36.1 Å². The van der Waals surface area contributed by atoms with Crippen molar-refractivity contribution in [3.05, 3.63) is 58.9 Å². The van der Waals surface area contributed by atoms with Gasteiger partial charge in [-0.1, -0.05) is 42.8 Å². The number of rotatable bonds is 12. The van der Waals surface area contributed by atoms with Crippen molar-refractivity contribution in [3.8, 4) is 11.1 Å². The Kier molecular flexibility index (Phi) is 11.1. The van der Waals surface area contributed by atoms with E-state index in [0.29, 0.717) is 35.7 Å². The molecule has 1 fully saturated rings. The fourth-order valence-electron chi connectivity index (χ4n) is 4.41. The number of hydrogen-bond donors (Lipinski definition) is 3. The van der Waals surface area contributed by atoms with Crippen LogP contribution in [0.4, 0.5) is 4.39 Å². The molecular weight excluding hydrogens is 550 g/mol. The molecule has 39 heavy (non-hydrogen) atoms. The Balaban J connectivity index is 1.65. The molecule has 0 bridgehead atoms. The molecule has 1 saturated heterocycles.